The summed E-state index contributed by atoms with van der Waals surface area (Å²) >= 11 is 1.38. The number of nitrogens with one attached hydrogen (secondary N) is 1. The fourth-order valence-corrected chi connectivity index (χ4v) is 6.95. The molecule has 2 aromatic rings. The van der Waals surface area contributed by atoms with E-state index in [2.05, 4.69) is 15.5 Å². The number of carbonyl (C=O) groups is 1. The zero-order valence-electron chi connectivity index (χ0n) is 16.9. The molecule has 154 valence electrons. The summed E-state index contributed by atoms with van der Waals surface area (Å²) in [5.41, 5.74) is 0.429. The van der Waals surface area contributed by atoms with Crippen molar-refractivity contribution in [1.29, 1.82) is 0 Å². The van der Waals surface area contributed by atoms with E-state index in [-0.39, 0.29) is 22.5 Å². The first-order valence-corrected chi connectivity index (χ1v) is 11.4. The lowest BCUT2D eigenvalue weighted by atomic mass is 9.53. The highest BCUT2D eigenvalue weighted by Crippen LogP contribution is 2.55. The Morgan fingerprint density at radius 3 is 2.41 bits per heavy atom. The Kier molecular flexibility index (Phi) is 4.68. The number of benzene rings is 1. The molecule has 1 aromatic heterocycles. The number of aromatic nitrogens is 3. The predicted octanol–water partition coefficient (Wildman–Crippen LogP) is 4.19. The third-order valence-electron chi connectivity index (χ3n) is 7.03. The summed E-state index contributed by atoms with van der Waals surface area (Å²) in [5, 5.41) is 12.1. The third-order valence-corrected chi connectivity index (χ3v) is 8.16. The quantitative estimate of drug-likeness (QED) is 0.746. The van der Waals surface area contributed by atoms with Crippen molar-refractivity contribution in [3.63, 3.8) is 0 Å². The fourth-order valence-electron chi connectivity index (χ4n) is 6.13. The maximum absolute atomic E-state index is 14.1. The van der Waals surface area contributed by atoms with E-state index in [9.17, 15) is 9.18 Å². The second kappa shape index (κ2) is 7.11. The van der Waals surface area contributed by atoms with E-state index in [1.54, 1.807) is 22.8 Å². The minimum Gasteiger partial charge on any atom is -0.350 e. The highest BCUT2D eigenvalue weighted by Gasteiger charge is 2.51. The molecule has 4 aliphatic carbocycles. The Labute approximate surface area is 174 Å². The number of rotatable bonds is 5. The van der Waals surface area contributed by atoms with Gasteiger partial charge in [0.2, 0.25) is 5.91 Å². The minimum absolute atomic E-state index is 0.0128. The first-order valence-electron chi connectivity index (χ1n) is 10.6. The van der Waals surface area contributed by atoms with Gasteiger partial charge in [-0.15, -0.1) is 10.2 Å². The topological polar surface area (TPSA) is 59.8 Å². The van der Waals surface area contributed by atoms with Crippen LogP contribution in [0.1, 0.15) is 45.4 Å². The van der Waals surface area contributed by atoms with Crippen molar-refractivity contribution in [1.82, 2.24) is 20.1 Å². The molecule has 1 aromatic carbocycles. The van der Waals surface area contributed by atoms with Crippen LogP contribution in [0.2, 0.25) is 0 Å². The van der Waals surface area contributed by atoms with Crippen molar-refractivity contribution in [2.75, 3.05) is 0 Å². The summed E-state index contributed by atoms with van der Waals surface area (Å²) in [6, 6.07) is 6.54. The Morgan fingerprint density at radius 2 is 1.79 bits per heavy atom. The standard InChI is InChI=1S/C22H27FN4OS/c1-13(20(28)24-22-10-14-7-15(11-22)9-16(8-14)12-22)29-21-26-25-19(27(21)2)17-5-3-4-6-18(17)23/h3-6,13-16H,7-12H2,1-2H3,(H,24,28)/t13-,14?,15?,16?,22?/m0/s1. The molecule has 4 bridgehead atoms. The molecule has 0 unspecified atom stereocenters. The largest absolute Gasteiger partial charge is 0.350 e. The maximum atomic E-state index is 14.1. The van der Waals surface area contributed by atoms with E-state index >= 15 is 0 Å². The average Bonchev–Trinajstić information content (AvgIpc) is 3.01. The molecule has 29 heavy (non-hydrogen) atoms. The molecule has 6 rings (SSSR count). The predicted molar refractivity (Wildman–Crippen MR) is 111 cm³/mol. The Hall–Kier alpha value is -1.89. The molecule has 0 radical (unpaired) electrons. The lowest BCUT2D eigenvalue weighted by molar-refractivity contribution is -0.126. The van der Waals surface area contributed by atoms with Crippen LogP contribution in [0.4, 0.5) is 4.39 Å². The van der Waals surface area contributed by atoms with E-state index in [1.807, 2.05) is 14.0 Å². The highest BCUT2D eigenvalue weighted by molar-refractivity contribution is 8.00. The van der Waals surface area contributed by atoms with Crippen LogP contribution in [0, 0.1) is 23.6 Å². The fraction of sp³-hybridized carbons (Fsp3) is 0.591. The van der Waals surface area contributed by atoms with Crippen molar-refractivity contribution in [3.8, 4) is 11.4 Å². The molecule has 4 fully saturated rings. The van der Waals surface area contributed by atoms with Crippen molar-refractivity contribution < 1.29 is 9.18 Å². The van der Waals surface area contributed by atoms with E-state index in [4.69, 9.17) is 0 Å². The molecule has 1 N–H and O–H groups in total. The smallest absolute Gasteiger partial charge is 0.233 e. The van der Waals surface area contributed by atoms with Gasteiger partial charge >= 0.3 is 0 Å². The van der Waals surface area contributed by atoms with Gasteiger partial charge in [0.05, 0.1) is 10.8 Å². The summed E-state index contributed by atoms with van der Waals surface area (Å²) in [5.74, 6) is 2.61. The van der Waals surface area contributed by atoms with Crippen LogP contribution in [0.5, 0.6) is 0 Å². The van der Waals surface area contributed by atoms with E-state index in [1.165, 1.54) is 37.1 Å². The van der Waals surface area contributed by atoms with Gasteiger partial charge in [-0.2, -0.15) is 0 Å². The highest BCUT2D eigenvalue weighted by atomic mass is 32.2. The molecule has 4 aliphatic rings. The van der Waals surface area contributed by atoms with Gasteiger partial charge in [-0.25, -0.2) is 4.39 Å². The Morgan fingerprint density at radius 1 is 1.17 bits per heavy atom. The Balaban J connectivity index is 1.28. The van der Waals surface area contributed by atoms with Crippen molar-refractivity contribution in [2.45, 2.75) is 61.4 Å². The molecule has 1 atom stereocenters. The molecule has 1 amide bonds. The minimum atomic E-state index is -0.327. The number of hydrogen-bond donors (Lipinski definition) is 1. The number of carbonyl (C=O) groups excluding carboxylic acids is 1. The molecule has 0 saturated heterocycles. The maximum Gasteiger partial charge on any atom is 0.233 e. The van der Waals surface area contributed by atoms with E-state index < -0.39 is 0 Å². The molecule has 0 spiro atoms. The van der Waals surface area contributed by atoms with Crippen LogP contribution in [-0.4, -0.2) is 31.5 Å². The van der Waals surface area contributed by atoms with Crippen LogP contribution >= 0.6 is 11.8 Å². The van der Waals surface area contributed by atoms with Gasteiger partial charge in [-0.05, 0) is 75.3 Å². The number of amides is 1. The van der Waals surface area contributed by atoms with Crippen LogP contribution in [0.15, 0.2) is 29.4 Å². The Bertz CT molecular complexity index is 907. The summed E-state index contributed by atoms with van der Waals surface area (Å²) in [7, 11) is 1.81. The van der Waals surface area contributed by atoms with Gasteiger partial charge in [0, 0.05) is 12.6 Å². The number of thioether (sulfide) groups is 1. The summed E-state index contributed by atoms with van der Waals surface area (Å²) in [6.45, 7) is 1.91. The van der Waals surface area contributed by atoms with Crippen LogP contribution in [0.3, 0.4) is 0 Å². The summed E-state index contributed by atoms with van der Waals surface area (Å²) in [4.78, 5) is 13.0. The van der Waals surface area contributed by atoms with Crippen molar-refractivity contribution in [3.05, 3.63) is 30.1 Å². The number of hydrogen-bond acceptors (Lipinski definition) is 4. The average molecular weight is 415 g/mol. The molecule has 0 aliphatic heterocycles. The second-order valence-electron chi connectivity index (χ2n) is 9.29. The SMILES string of the molecule is C[C@H](Sc1nnc(-c2ccccc2F)n1C)C(=O)NC12CC3CC(CC(C3)C1)C2. The van der Waals surface area contributed by atoms with Crippen molar-refractivity contribution in [2.24, 2.45) is 24.8 Å². The summed E-state index contributed by atoms with van der Waals surface area (Å²) in [6.07, 6.45) is 7.50. The molecule has 5 nitrogen and oxygen atoms in total. The first-order chi connectivity index (χ1) is 13.9. The van der Waals surface area contributed by atoms with Crippen LogP contribution < -0.4 is 5.32 Å². The normalized spacial score (nSPS) is 31.1. The monoisotopic (exact) mass is 414 g/mol. The van der Waals surface area contributed by atoms with Gasteiger partial charge in [0.15, 0.2) is 11.0 Å². The van der Waals surface area contributed by atoms with Gasteiger partial charge in [0.1, 0.15) is 5.82 Å². The summed E-state index contributed by atoms with van der Waals surface area (Å²) < 4.78 is 15.9. The lowest BCUT2D eigenvalue weighted by Crippen LogP contribution is -2.60. The first kappa shape index (κ1) is 19.1. The van der Waals surface area contributed by atoms with Gasteiger partial charge in [0.25, 0.3) is 0 Å². The lowest BCUT2D eigenvalue weighted by Gasteiger charge is -2.57. The molecule has 1 heterocycles. The van der Waals surface area contributed by atoms with Gasteiger partial charge in [-0.1, -0.05) is 23.9 Å². The van der Waals surface area contributed by atoms with Gasteiger partial charge < -0.3 is 9.88 Å². The van der Waals surface area contributed by atoms with E-state index in [0.717, 1.165) is 37.0 Å². The molecular formula is C22H27FN4OS. The third kappa shape index (κ3) is 3.47. The number of nitrogens with zero attached hydrogens (tertiary/aromatic N) is 3. The molecular weight excluding hydrogens is 387 g/mol. The van der Waals surface area contributed by atoms with Crippen LogP contribution in [-0.2, 0) is 11.8 Å². The van der Waals surface area contributed by atoms with Crippen molar-refractivity contribution >= 4 is 17.7 Å². The van der Waals surface area contributed by atoms with Gasteiger partial charge in [-0.3, -0.25) is 4.79 Å². The van der Waals surface area contributed by atoms with E-state index in [0.29, 0.717) is 16.5 Å². The number of halogens is 1. The molecule has 4 saturated carbocycles. The zero-order valence-corrected chi connectivity index (χ0v) is 17.7. The zero-order chi connectivity index (χ0) is 20.2. The second-order valence-corrected chi connectivity index (χ2v) is 10.6. The molecule has 7 heteroatoms. The van der Waals surface area contributed by atoms with Crippen LogP contribution in [0.25, 0.3) is 11.4 Å².